The molecule has 2 saturated heterocycles. The molecule has 2 aromatic carbocycles. The van der Waals surface area contributed by atoms with Crippen molar-refractivity contribution in [2.45, 2.75) is 38.4 Å². The second-order valence-corrected chi connectivity index (χ2v) is 7.73. The van der Waals surface area contributed by atoms with Gasteiger partial charge in [0.15, 0.2) is 11.5 Å². The number of nitrogens with one attached hydrogen (secondary N) is 2. The van der Waals surface area contributed by atoms with Crippen LogP contribution in [0, 0.1) is 5.92 Å². The van der Waals surface area contributed by atoms with Crippen LogP contribution in [0.3, 0.4) is 0 Å². The van der Waals surface area contributed by atoms with Gasteiger partial charge in [0.25, 0.3) is 0 Å². The highest BCUT2D eigenvalue weighted by Gasteiger charge is 2.55. The maximum absolute atomic E-state index is 13.3. The number of phenols is 1. The molecule has 1 amide bonds. The van der Waals surface area contributed by atoms with Crippen molar-refractivity contribution in [3.8, 4) is 17.2 Å². The number of nitrogens with zero attached hydrogens (tertiary/aromatic N) is 1. The Hall–Kier alpha value is -2.77. The number of likely N-dealkylation sites (tertiary alicyclic amines) is 1. The molecule has 4 rings (SSSR count). The van der Waals surface area contributed by atoms with Crippen LogP contribution in [0.4, 0.5) is 0 Å². The van der Waals surface area contributed by atoms with Crippen molar-refractivity contribution in [1.29, 1.82) is 0 Å². The van der Waals surface area contributed by atoms with E-state index in [2.05, 4.69) is 23.8 Å². The van der Waals surface area contributed by atoms with Gasteiger partial charge in [-0.2, -0.15) is 0 Å². The molecule has 3 N–H and O–H groups in total. The number of fused-ring (bicyclic) bond motifs is 1. The van der Waals surface area contributed by atoms with E-state index >= 15 is 0 Å². The second-order valence-electron chi connectivity index (χ2n) is 7.73. The predicted molar refractivity (Wildman–Crippen MR) is 113 cm³/mol. The fourth-order valence-electron chi connectivity index (χ4n) is 4.70. The van der Waals surface area contributed by atoms with E-state index in [0.717, 1.165) is 23.3 Å². The molecule has 0 aliphatic carbocycles. The lowest BCUT2D eigenvalue weighted by Gasteiger charge is -2.31. The lowest BCUT2D eigenvalue weighted by atomic mass is 9.83. The Morgan fingerprint density at radius 2 is 1.87 bits per heavy atom. The monoisotopic (exact) mass is 411 g/mol. The third-order valence-corrected chi connectivity index (χ3v) is 5.96. The zero-order valence-corrected chi connectivity index (χ0v) is 17.6. The molecule has 4 unspecified atom stereocenters. The van der Waals surface area contributed by atoms with Gasteiger partial charge in [0, 0.05) is 12.5 Å². The molecule has 2 aliphatic rings. The molecule has 2 aliphatic heterocycles. The van der Waals surface area contributed by atoms with Gasteiger partial charge in [0.05, 0.1) is 25.8 Å². The van der Waals surface area contributed by atoms with E-state index in [0.29, 0.717) is 18.9 Å². The first-order chi connectivity index (χ1) is 14.6. The number of aromatic hydroxyl groups is 1. The van der Waals surface area contributed by atoms with Crippen molar-refractivity contribution >= 4 is 5.91 Å². The van der Waals surface area contributed by atoms with Gasteiger partial charge in [-0.3, -0.25) is 4.79 Å². The summed E-state index contributed by atoms with van der Waals surface area (Å²) < 4.78 is 11.0. The van der Waals surface area contributed by atoms with Crippen LogP contribution in [-0.4, -0.2) is 42.2 Å². The summed E-state index contributed by atoms with van der Waals surface area (Å²) in [5.74, 6) is 1.41. The molecule has 0 radical (unpaired) electrons. The van der Waals surface area contributed by atoms with Crippen molar-refractivity contribution < 1.29 is 19.4 Å². The Labute approximate surface area is 177 Å². The number of carbonyl (C=O) groups excluding carboxylic acids is 1. The van der Waals surface area contributed by atoms with Crippen LogP contribution >= 0.6 is 0 Å². The maximum atomic E-state index is 13.3. The molecule has 4 atom stereocenters. The summed E-state index contributed by atoms with van der Waals surface area (Å²) >= 11 is 0. The molecule has 0 saturated carbocycles. The summed E-state index contributed by atoms with van der Waals surface area (Å²) in [6, 6.07) is 12.8. The van der Waals surface area contributed by atoms with E-state index in [1.165, 1.54) is 0 Å². The molecule has 7 nitrogen and oxygen atoms in total. The maximum Gasteiger partial charge on any atom is 0.242 e. The van der Waals surface area contributed by atoms with Gasteiger partial charge >= 0.3 is 0 Å². The number of hydrogen-bond donors (Lipinski definition) is 3. The van der Waals surface area contributed by atoms with Crippen LogP contribution in [0.5, 0.6) is 17.2 Å². The SMILES string of the molecule is CCCN1C(=O)C2NNC(c3cccc(OC)c3)C2C1c1ccc(O)c(OCC)c1. The Kier molecular flexibility index (Phi) is 5.83. The molecule has 2 heterocycles. The first-order valence-corrected chi connectivity index (χ1v) is 10.5. The van der Waals surface area contributed by atoms with Crippen LogP contribution < -0.4 is 20.3 Å². The molecular formula is C23H29N3O4. The first-order valence-electron chi connectivity index (χ1n) is 10.5. The lowest BCUT2D eigenvalue weighted by molar-refractivity contribution is -0.130. The number of carbonyl (C=O) groups is 1. The van der Waals surface area contributed by atoms with Crippen molar-refractivity contribution in [3.63, 3.8) is 0 Å². The zero-order chi connectivity index (χ0) is 21.3. The van der Waals surface area contributed by atoms with Crippen molar-refractivity contribution in [2.24, 2.45) is 5.92 Å². The Bertz CT molecular complexity index is 919. The summed E-state index contributed by atoms with van der Waals surface area (Å²) in [5, 5.41) is 10.2. The molecular weight excluding hydrogens is 382 g/mol. The van der Waals surface area contributed by atoms with Gasteiger partial charge in [-0.25, -0.2) is 10.9 Å². The first kappa shape index (κ1) is 20.5. The summed E-state index contributed by atoms with van der Waals surface area (Å²) in [6.07, 6.45) is 0.870. The van der Waals surface area contributed by atoms with Crippen molar-refractivity contribution in [1.82, 2.24) is 15.8 Å². The van der Waals surface area contributed by atoms with E-state index < -0.39 is 0 Å². The molecule has 2 aromatic rings. The molecule has 0 aromatic heterocycles. The predicted octanol–water partition coefficient (Wildman–Crippen LogP) is 2.93. The Balaban J connectivity index is 1.77. The van der Waals surface area contributed by atoms with Gasteiger partial charge in [-0.1, -0.05) is 25.1 Å². The largest absolute Gasteiger partial charge is 0.504 e. The third kappa shape index (κ3) is 3.48. The lowest BCUT2D eigenvalue weighted by Crippen LogP contribution is -2.41. The van der Waals surface area contributed by atoms with Crippen LogP contribution in [0.2, 0.25) is 0 Å². The molecule has 7 heteroatoms. The number of phenolic OH excluding ortho intramolecular Hbond substituents is 1. The van der Waals surface area contributed by atoms with E-state index in [1.807, 2.05) is 42.2 Å². The van der Waals surface area contributed by atoms with Gasteiger partial charge in [-0.05, 0) is 48.7 Å². The number of rotatable bonds is 7. The number of hydrazine groups is 1. The number of benzene rings is 2. The molecule has 30 heavy (non-hydrogen) atoms. The van der Waals surface area contributed by atoms with Gasteiger partial charge < -0.3 is 19.5 Å². The van der Waals surface area contributed by atoms with Crippen LogP contribution in [-0.2, 0) is 4.79 Å². The highest BCUT2D eigenvalue weighted by atomic mass is 16.5. The Morgan fingerprint density at radius 3 is 2.60 bits per heavy atom. The quantitative estimate of drug-likeness (QED) is 0.650. The van der Waals surface area contributed by atoms with E-state index in [-0.39, 0.29) is 35.7 Å². The fourth-order valence-corrected chi connectivity index (χ4v) is 4.70. The Morgan fingerprint density at radius 1 is 1.07 bits per heavy atom. The minimum Gasteiger partial charge on any atom is -0.504 e. The minimum atomic E-state index is -0.318. The van der Waals surface area contributed by atoms with Crippen LogP contribution in [0.15, 0.2) is 42.5 Å². The van der Waals surface area contributed by atoms with Crippen molar-refractivity contribution in [3.05, 3.63) is 53.6 Å². The average Bonchev–Trinajstić information content (AvgIpc) is 3.30. The standard InChI is InChI=1S/C23H29N3O4/c1-4-11-26-22(15-9-10-17(27)18(13-15)30-5-2)19-20(24-25-21(19)23(26)28)14-7-6-8-16(12-14)29-3/h6-10,12-13,19-22,24-25,27H,4-5,11H2,1-3H3. The van der Waals surface area contributed by atoms with Crippen LogP contribution in [0.25, 0.3) is 0 Å². The smallest absolute Gasteiger partial charge is 0.242 e. The highest BCUT2D eigenvalue weighted by Crippen LogP contribution is 2.48. The van der Waals surface area contributed by atoms with E-state index in [1.54, 1.807) is 13.2 Å². The highest BCUT2D eigenvalue weighted by molar-refractivity contribution is 5.86. The number of hydrogen-bond acceptors (Lipinski definition) is 6. The topological polar surface area (TPSA) is 83.1 Å². The summed E-state index contributed by atoms with van der Waals surface area (Å²) in [7, 11) is 1.65. The summed E-state index contributed by atoms with van der Waals surface area (Å²) in [5.41, 5.74) is 8.59. The number of ether oxygens (including phenoxy) is 2. The third-order valence-electron chi connectivity index (χ3n) is 5.96. The molecule has 0 bridgehead atoms. The second kappa shape index (κ2) is 8.53. The number of amides is 1. The van der Waals surface area contributed by atoms with Crippen LogP contribution in [0.1, 0.15) is 43.5 Å². The van der Waals surface area contributed by atoms with Gasteiger partial charge in [0.2, 0.25) is 5.91 Å². The summed E-state index contributed by atoms with van der Waals surface area (Å²) in [6.45, 7) is 5.09. The number of methoxy groups -OCH3 is 1. The minimum absolute atomic E-state index is 0.0184. The normalized spacial score (nSPS) is 25.4. The van der Waals surface area contributed by atoms with Gasteiger partial charge in [-0.15, -0.1) is 0 Å². The molecule has 160 valence electrons. The average molecular weight is 412 g/mol. The van der Waals surface area contributed by atoms with Crippen molar-refractivity contribution in [2.75, 3.05) is 20.3 Å². The molecule has 0 spiro atoms. The van der Waals surface area contributed by atoms with E-state index in [4.69, 9.17) is 9.47 Å². The summed E-state index contributed by atoms with van der Waals surface area (Å²) in [4.78, 5) is 15.2. The van der Waals surface area contributed by atoms with Gasteiger partial charge in [0.1, 0.15) is 11.8 Å². The molecule has 2 fully saturated rings. The zero-order valence-electron chi connectivity index (χ0n) is 17.6. The fraction of sp³-hybridized carbons (Fsp3) is 0.435. The van der Waals surface area contributed by atoms with E-state index in [9.17, 15) is 9.90 Å².